The number of allylic oxidation sites excluding steroid dienone is 1. The van der Waals surface area contributed by atoms with E-state index in [0.717, 1.165) is 0 Å². The Morgan fingerprint density at radius 2 is 1.96 bits per heavy atom. The molecule has 0 bridgehead atoms. The number of nitrogens with zero attached hydrogens (tertiary/aromatic N) is 1. The fourth-order valence-electron chi connectivity index (χ4n) is 1.60. The average Bonchev–Trinajstić information content (AvgIpc) is 2.49. The molecule has 1 aliphatic heterocycles. The minimum absolute atomic E-state index is 0.211. The van der Waals surface area contributed by atoms with Crippen LogP contribution in [0.5, 0.6) is 0 Å². The lowest BCUT2D eigenvalue weighted by molar-refractivity contribution is -0.326. The van der Waals surface area contributed by atoms with Gasteiger partial charge in [0.2, 0.25) is 6.29 Å². The molecule has 0 spiro atoms. The van der Waals surface area contributed by atoms with E-state index in [1.54, 1.807) is 6.08 Å². The minimum Gasteiger partial charge on any atom is -0.448 e. The molecule has 0 radical (unpaired) electrons. The number of aliphatic imine (C=N–C) groups is 1. The Hall–Kier alpha value is -1.36. The van der Waals surface area contributed by atoms with Gasteiger partial charge in [-0.25, -0.2) is 4.99 Å². The van der Waals surface area contributed by atoms with E-state index in [0.29, 0.717) is 25.4 Å². The van der Waals surface area contributed by atoms with Crippen LogP contribution in [0.15, 0.2) is 16.8 Å². The van der Waals surface area contributed by atoms with Crippen molar-refractivity contribution in [2.24, 2.45) is 10.7 Å². The monoisotopic (exact) mass is 342 g/mol. The molecule has 0 aromatic heterocycles. The van der Waals surface area contributed by atoms with Crippen LogP contribution in [0.4, 0.5) is 13.2 Å². The maximum Gasteiger partial charge on any atom is 0.522 e. The van der Waals surface area contributed by atoms with Crippen molar-refractivity contribution in [2.75, 3.05) is 33.5 Å². The van der Waals surface area contributed by atoms with Crippen LogP contribution in [0.25, 0.3) is 0 Å². The van der Waals surface area contributed by atoms with Gasteiger partial charge in [0.1, 0.15) is 6.61 Å². The second kappa shape index (κ2) is 9.71. The molecule has 0 aliphatic carbocycles. The molecule has 1 rings (SSSR count). The Kier molecular flexibility index (Phi) is 8.31. The number of hydrogen-bond donors (Lipinski definition) is 1. The Labute approximate surface area is 132 Å². The van der Waals surface area contributed by atoms with Crippen LogP contribution in [0.2, 0.25) is 0 Å². The fraction of sp³-hybridized carbons (Fsp3) is 0.769. The number of alkyl halides is 3. The molecule has 1 saturated heterocycles. The van der Waals surface area contributed by atoms with E-state index in [2.05, 4.69) is 9.73 Å². The minimum atomic E-state index is -4.70. The molecule has 0 aromatic carbocycles. The molecule has 23 heavy (non-hydrogen) atoms. The number of ether oxygens (including phenoxy) is 5. The summed E-state index contributed by atoms with van der Waals surface area (Å²) in [7, 11) is 1.38. The van der Waals surface area contributed by atoms with Gasteiger partial charge >= 0.3 is 12.4 Å². The molecule has 0 saturated carbocycles. The fourth-order valence-corrected chi connectivity index (χ4v) is 1.60. The van der Waals surface area contributed by atoms with Crippen LogP contribution in [0.1, 0.15) is 13.3 Å². The number of hydrogen-bond acceptors (Lipinski definition) is 7. The first-order valence-corrected chi connectivity index (χ1v) is 7.02. The van der Waals surface area contributed by atoms with E-state index in [-0.39, 0.29) is 18.7 Å². The van der Waals surface area contributed by atoms with Crippen LogP contribution < -0.4 is 5.73 Å². The summed E-state index contributed by atoms with van der Waals surface area (Å²) in [6.45, 7) is 1.42. The first-order valence-electron chi connectivity index (χ1n) is 7.02. The van der Waals surface area contributed by atoms with E-state index in [1.807, 2.05) is 6.92 Å². The highest BCUT2D eigenvalue weighted by atomic mass is 19.4. The van der Waals surface area contributed by atoms with E-state index >= 15 is 0 Å². The molecule has 134 valence electrons. The molecule has 0 amide bonds. The SMILES string of the molecule is CC/C=C(/OC(=NC)OCCOC(F)(F)F)C1OCC(N)CO1. The lowest BCUT2D eigenvalue weighted by Gasteiger charge is -2.28. The number of rotatable bonds is 6. The highest BCUT2D eigenvalue weighted by molar-refractivity contribution is 5.68. The van der Waals surface area contributed by atoms with E-state index in [4.69, 9.17) is 24.7 Å². The normalized spacial score (nSPS) is 23.7. The van der Waals surface area contributed by atoms with E-state index < -0.39 is 19.3 Å². The summed E-state index contributed by atoms with van der Waals surface area (Å²) in [6.07, 6.45) is -3.36. The molecule has 7 nitrogen and oxygen atoms in total. The third-order valence-electron chi connectivity index (χ3n) is 2.52. The molecule has 2 N–H and O–H groups in total. The second-order valence-corrected chi connectivity index (χ2v) is 4.51. The summed E-state index contributed by atoms with van der Waals surface area (Å²) in [4.78, 5) is 3.71. The zero-order chi connectivity index (χ0) is 17.3. The second-order valence-electron chi connectivity index (χ2n) is 4.51. The van der Waals surface area contributed by atoms with Crippen molar-refractivity contribution in [3.63, 3.8) is 0 Å². The summed E-state index contributed by atoms with van der Waals surface area (Å²) in [5.74, 6) is 0.303. The van der Waals surface area contributed by atoms with Crippen molar-refractivity contribution in [3.8, 4) is 0 Å². The van der Waals surface area contributed by atoms with Gasteiger partial charge in [0.05, 0.1) is 25.9 Å². The van der Waals surface area contributed by atoms with Crippen molar-refractivity contribution in [3.05, 3.63) is 11.8 Å². The molecular formula is C13H21F3N2O5. The van der Waals surface area contributed by atoms with Crippen molar-refractivity contribution < 1.29 is 36.9 Å². The van der Waals surface area contributed by atoms with Crippen LogP contribution >= 0.6 is 0 Å². The molecule has 1 fully saturated rings. The first-order chi connectivity index (χ1) is 10.9. The number of halogens is 3. The van der Waals surface area contributed by atoms with Gasteiger partial charge in [-0.3, -0.25) is 4.74 Å². The van der Waals surface area contributed by atoms with Crippen molar-refractivity contribution in [1.29, 1.82) is 0 Å². The van der Waals surface area contributed by atoms with Gasteiger partial charge in [0.25, 0.3) is 0 Å². The summed E-state index contributed by atoms with van der Waals surface area (Å²) in [5.41, 5.74) is 5.65. The van der Waals surface area contributed by atoms with E-state index in [9.17, 15) is 13.2 Å². The zero-order valence-corrected chi connectivity index (χ0v) is 13.0. The third-order valence-corrected chi connectivity index (χ3v) is 2.52. The molecule has 10 heteroatoms. The van der Waals surface area contributed by atoms with Gasteiger partial charge in [-0.15, -0.1) is 13.2 Å². The molecular weight excluding hydrogens is 321 g/mol. The zero-order valence-electron chi connectivity index (χ0n) is 13.0. The summed E-state index contributed by atoms with van der Waals surface area (Å²) < 4.78 is 60.4. The van der Waals surface area contributed by atoms with Gasteiger partial charge in [-0.2, -0.15) is 0 Å². The molecule has 1 heterocycles. The Morgan fingerprint density at radius 1 is 1.30 bits per heavy atom. The predicted octanol–water partition coefficient (Wildman–Crippen LogP) is 1.54. The van der Waals surface area contributed by atoms with Gasteiger partial charge in [-0.05, 0) is 12.5 Å². The standard InChI is InChI=1S/C13H21F3N2O5/c1-3-4-10(11-20-7-9(17)8-21-11)23-12(18-2)19-5-6-22-13(14,15)16/h4,9,11H,3,5-8,17H2,1-2H3/b10-4+,18-12?. The largest absolute Gasteiger partial charge is 0.522 e. The Bertz CT molecular complexity index is 407. The molecule has 0 unspecified atom stereocenters. The molecule has 1 aliphatic rings. The summed E-state index contributed by atoms with van der Waals surface area (Å²) in [6, 6.07) is -0.218. The quantitative estimate of drug-likeness (QED) is 0.341. The number of nitrogens with two attached hydrogens (primary N) is 1. The lowest BCUT2D eigenvalue weighted by atomic mass is 10.3. The van der Waals surface area contributed by atoms with Gasteiger partial charge in [0, 0.05) is 7.05 Å². The van der Waals surface area contributed by atoms with Crippen LogP contribution in [0.3, 0.4) is 0 Å². The molecule has 0 aromatic rings. The van der Waals surface area contributed by atoms with Crippen molar-refractivity contribution in [1.82, 2.24) is 0 Å². The smallest absolute Gasteiger partial charge is 0.448 e. The highest BCUT2D eigenvalue weighted by Gasteiger charge is 2.29. The van der Waals surface area contributed by atoms with Crippen LogP contribution in [0, 0.1) is 0 Å². The topological polar surface area (TPSA) is 84.5 Å². The maximum absolute atomic E-state index is 11.9. The van der Waals surface area contributed by atoms with Gasteiger partial charge < -0.3 is 24.7 Å². The van der Waals surface area contributed by atoms with Crippen molar-refractivity contribution in [2.45, 2.75) is 32.0 Å². The van der Waals surface area contributed by atoms with E-state index in [1.165, 1.54) is 7.05 Å². The third kappa shape index (κ3) is 8.16. The Balaban J connectivity index is 2.48. The predicted molar refractivity (Wildman–Crippen MR) is 74.4 cm³/mol. The summed E-state index contributed by atoms with van der Waals surface area (Å²) in [5, 5.41) is 0. The maximum atomic E-state index is 11.9. The lowest BCUT2D eigenvalue weighted by Crippen LogP contribution is -2.42. The van der Waals surface area contributed by atoms with Gasteiger partial charge in [-0.1, -0.05) is 6.92 Å². The van der Waals surface area contributed by atoms with Crippen LogP contribution in [-0.2, 0) is 23.7 Å². The summed E-state index contributed by atoms with van der Waals surface area (Å²) >= 11 is 0. The van der Waals surface area contributed by atoms with Gasteiger partial charge in [0.15, 0.2) is 5.76 Å². The first kappa shape index (κ1) is 19.7. The molecule has 0 atom stereocenters. The highest BCUT2D eigenvalue weighted by Crippen LogP contribution is 2.17. The van der Waals surface area contributed by atoms with Crippen LogP contribution in [-0.4, -0.2) is 58.3 Å². The Morgan fingerprint density at radius 3 is 2.48 bits per heavy atom. The van der Waals surface area contributed by atoms with Crippen molar-refractivity contribution >= 4 is 6.08 Å². The average molecular weight is 342 g/mol.